The second-order valence-corrected chi connectivity index (χ2v) is 7.52. The normalized spacial score (nSPS) is 14.7. The van der Waals surface area contributed by atoms with E-state index in [0.29, 0.717) is 16.9 Å². The first-order valence-electron chi connectivity index (χ1n) is 10.3. The minimum atomic E-state index is -0.438. The van der Waals surface area contributed by atoms with Crippen molar-refractivity contribution in [3.8, 4) is 5.75 Å². The van der Waals surface area contributed by atoms with E-state index in [4.69, 9.17) is 4.74 Å². The Balaban J connectivity index is 1.59. The van der Waals surface area contributed by atoms with E-state index >= 15 is 0 Å². The molecule has 0 atom stereocenters. The summed E-state index contributed by atoms with van der Waals surface area (Å²) in [6.45, 7) is 0. The zero-order valence-electron chi connectivity index (χ0n) is 16.7. The van der Waals surface area contributed by atoms with Gasteiger partial charge in [0.05, 0.1) is 11.8 Å². The maximum absolute atomic E-state index is 12.6. The summed E-state index contributed by atoms with van der Waals surface area (Å²) in [6.07, 6.45) is 6.76. The molecule has 4 rings (SSSR count). The Morgan fingerprint density at radius 1 is 0.900 bits per heavy atom. The number of ether oxygens (including phenoxy) is 1. The quantitative estimate of drug-likeness (QED) is 0.281. The molecule has 3 aromatic rings. The SMILES string of the molecule is O=C(Oc1ccc2ccccc2c1C=NNC(=O)C1CCCCC1)c1ccccc1. The van der Waals surface area contributed by atoms with Crippen molar-refractivity contribution < 1.29 is 14.3 Å². The smallest absolute Gasteiger partial charge is 0.343 e. The number of rotatable bonds is 5. The van der Waals surface area contributed by atoms with Crippen molar-refractivity contribution in [3.63, 3.8) is 0 Å². The molecule has 0 radical (unpaired) electrons. The van der Waals surface area contributed by atoms with Crippen LogP contribution in [-0.4, -0.2) is 18.1 Å². The van der Waals surface area contributed by atoms with Crippen LogP contribution in [0.4, 0.5) is 0 Å². The molecule has 1 aliphatic rings. The molecular weight excluding hydrogens is 376 g/mol. The van der Waals surface area contributed by atoms with E-state index in [9.17, 15) is 9.59 Å². The van der Waals surface area contributed by atoms with Crippen LogP contribution in [0.1, 0.15) is 48.0 Å². The predicted octanol–water partition coefficient (Wildman–Crippen LogP) is 5.09. The fourth-order valence-corrected chi connectivity index (χ4v) is 3.85. The fourth-order valence-electron chi connectivity index (χ4n) is 3.85. The van der Waals surface area contributed by atoms with Gasteiger partial charge in [-0.15, -0.1) is 0 Å². The molecule has 0 aromatic heterocycles. The summed E-state index contributed by atoms with van der Waals surface area (Å²) in [7, 11) is 0. The Morgan fingerprint density at radius 2 is 1.63 bits per heavy atom. The van der Waals surface area contributed by atoms with E-state index in [1.54, 1.807) is 36.5 Å². The number of hydrazone groups is 1. The van der Waals surface area contributed by atoms with Crippen molar-refractivity contribution in [1.29, 1.82) is 0 Å². The molecule has 0 spiro atoms. The van der Waals surface area contributed by atoms with Crippen LogP contribution in [0, 0.1) is 5.92 Å². The lowest BCUT2D eigenvalue weighted by Gasteiger charge is -2.19. The maximum Gasteiger partial charge on any atom is 0.343 e. The van der Waals surface area contributed by atoms with Gasteiger partial charge in [-0.3, -0.25) is 4.79 Å². The van der Waals surface area contributed by atoms with Crippen molar-refractivity contribution in [3.05, 3.63) is 77.9 Å². The van der Waals surface area contributed by atoms with Crippen LogP contribution in [0.3, 0.4) is 0 Å². The van der Waals surface area contributed by atoms with Gasteiger partial charge in [-0.05, 0) is 41.8 Å². The number of nitrogens with zero attached hydrogens (tertiary/aromatic N) is 1. The van der Waals surface area contributed by atoms with Crippen LogP contribution in [-0.2, 0) is 4.79 Å². The Morgan fingerprint density at radius 3 is 2.43 bits per heavy atom. The molecule has 0 bridgehead atoms. The highest BCUT2D eigenvalue weighted by molar-refractivity contribution is 6.04. The molecule has 1 aliphatic carbocycles. The predicted molar refractivity (Wildman–Crippen MR) is 118 cm³/mol. The highest BCUT2D eigenvalue weighted by Gasteiger charge is 2.20. The molecule has 1 amide bonds. The molecule has 1 saturated carbocycles. The Labute approximate surface area is 175 Å². The van der Waals surface area contributed by atoms with Gasteiger partial charge in [0.1, 0.15) is 5.75 Å². The van der Waals surface area contributed by atoms with Gasteiger partial charge in [0.2, 0.25) is 5.91 Å². The second kappa shape index (κ2) is 9.35. The van der Waals surface area contributed by atoms with E-state index in [-0.39, 0.29) is 11.8 Å². The van der Waals surface area contributed by atoms with Crippen LogP contribution in [0.25, 0.3) is 10.8 Å². The largest absolute Gasteiger partial charge is 0.422 e. The van der Waals surface area contributed by atoms with Crippen LogP contribution >= 0.6 is 0 Å². The first-order valence-corrected chi connectivity index (χ1v) is 10.3. The molecule has 1 fully saturated rings. The molecule has 0 heterocycles. The number of carbonyl (C=O) groups excluding carboxylic acids is 2. The maximum atomic E-state index is 12.6. The molecular formula is C25H24N2O3. The van der Waals surface area contributed by atoms with Crippen LogP contribution in [0.2, 0.25) is 0 Å². The first-order chi connectivity index (χ1) is 14.7. The second-order valence-electron chi connectivity index (χ2n) is 7.52. The van der Waals surface area contributed by atoms with Crippen molar-refractivity contribution in [2.45, 2.75) is 32.1 Å². The van der Waals surface area contributed by atoms with Gasteiger partial charge >= 0.3 is 5.97 Å². The van der Waals surface area contributed by atoms with E-state index in [2.05, 4.69) is 10.5 Å². The molecule has 0 aliphatic heterocycles. The number of hydrogen-bond acceptors (Lipinski definition) is 4. The highest BCUT2D eigenvalue weighted by atomic mass is 16.5. The van der Waals surface area contributed by atoms with E-state index in [1.807, 2.05) is 36.4 Å². The van der Waals surface area contributed by atoms with E-state index in [0.717, 1.165) is 36.5 Å². The van der Waals surface area contributed by atoms with E-state index < -0.39 is 5.97 Å². The monoisotopic (exact) mass is 400 g/mol. The molecule has 30 heavy (non-hydrogen) atoms. The zero-order chi connectivity index (χ0) is 20.8. The van der Waals surface area contributed by atoms with Crippen LogP contribution < -0.4 is 10.2 Å². The van der Waals surface area contributed by atoms with Gasteiger partial charge in [-0.2, -0.15) is 5.10 Å². The summed E-state index contributed by atoms with van der Waals surface area (Å²) in [4.78, 5) is 24.9. The first kappa shape index (κ1) is 19.8. The Hall–Kier alpha value is -3.47. The number of benzene rings is 3. The van der Waals surface area contributed by atoms with Crippen molar-refractivity contribution in [1.82, 2.24) is 5.43 Å². The molecule has 3 aromatic carbocycles. The summed E-state index contributed by atoms with van der Waals surface area (Å²) in [6, 6.07) is 20.3. The third-order valence-corrected chi connectivity index (χ3v) is 5.49. The van der Waals surface area contributed by atoms with E-state index in [1.165, 1.54) is 6.42 Å². The third kappa shape index (κ3) is 4.57. The molecule has 152 valence electrons. The zero-order valence-corrected chi connectivity index (χ0v) is 16.7. The average molecular weight is 400 g/mol. The van der Waals surface area contributed by atoms with Crippen LogP contribution in [0.5, 0.6) is 5.75 Å². The van der Waals surface area contributed by atoms with Crippen LogP contribution in [0.15, 0.2) is 71.8 Å². The van der Waals surface area contributed by atoms with Gasteiger partial charge < -0.3 is 4.74 Å². The third-order valence-electron chi connectivity index (χ3n) is 5.49. The lowest BCUT2D eigenvalue weighted by Crippen LogP contribution is -2.28. The minimum Gasteiger partial charge on any atom is -0.422 e. The average Bonchev–Trinajstić information content (AvgIpc) is 2.81. The number of fused-ring (bicyclic) bond motifs is 1. The number of nitrogens with one attached hydrogen (secondary N) is 1. The number of amides is 1. The Kier molecular flexibility index (Phi) is 6.18. The molecule has 5 nitrogen and oxygen atoms in total. The lowest BCUT2D eigenvalue weighted by molar-refractivity contribution is -0.125. The highest BCUT2D eigenvalue weighted by Crippen LogP contribution is 2.28. The van der Waals surface area contributed by atoms with Gasteiger partial charge in [-0.1, -0.05) is 67.8 Å². The lowest BCUT2D eigenvalue weighted by atomic mass is 9.89. The van der Waals surface area contributed by atoms with Crippen molar-refractivity contribution >= 4 is 28.9 Å². The summed E-state index contributed by atoms with van der Waals surface area (Å²) in [5.41, 5.74) is 3.79. The van der Waals surface area contributed by atoms with Crippen molar-refractivity contribution in [2.75, 3.05) is 0 Å². The van der Waals surface area contributed by atoms with Gasteiger partial charge in [-0.25, -0.2) is 10.2 Å². The summed E-state index contributed by atoms with van der Waals surface area (Å²) >= 11 is 0. The molecule has 1 N–H and O–H groups in total. The summed E-state index contributed by atoms with van der Waals surface area (Å²) < 4.78 is 5.67. The number of hydrogen-bond donors (Lipinski definition) is 1. The molecule has 0 unspecified atom stereocenters. The van der Waals surface area contributed by atoms with Gasteiger partial charge in [0.25, 0.3) is 0 Å². The fraction of sp³-hybridized carbons (Fsp3) is 0.240. The van der Waals surface area contributed by atoms with Gasteiger partial charge in [0.15, 0.2) is 0 Å². The number of esters is 1. The number of carbonyl (C=O) groups is 2. The topological polar surface area (TPSA) is 67.8 Å². The molecule has 0 saturated heterocycles. The summed E-state index contributed by atoms with van der Waals surface area (Å²) in [5, 5.41) is 6.08. The Bertz CT molecular complexity index is 1070. The standard InChI is InChI=1S/C25H24N2O3/c28-24(19-10-3-1-4-11-19)27-26-17-22-21-14-8-7-9-18(21)15-16-23(22)30-25(29)20-12-5-2-6-13-20/h2,5-9,12-17,19H,1,3-4,10-11H2,(H,27,28). The summed E-state index contributed by atoms with van der Waals surface area (Å²) in [5.74, 6) is -0.0576. The van der Waals surface area contributed by atoms with Gasteiger partial charge in [0, 0.05) is 11.5 Å². The molecule has 5 heteroatoms. The van der Waals surface area contributed by atoms with Crippen molar-refractivity contribution in [2.24, 2.45) is 11.0 Å². The minimum absolute atomic E-state index is 0.0267.